The van der Waals surface area contributed by atoms with Crippen molar-refractivity contribution in [2.45, 2.75) is 45.9 Å². The van der Waals surface area contributed by atoms with E-state index >= 15 is 0 Å². The predicted molar refractivity (Wildman–Crippen MR) is 148 cm³/mol. The highest BCUT2D eigenvalue weighted by Crippen LogP contribution is 2.22. The molecule has 0 unspecified atom stereocenters. The lowest BCUT2D eigenvalue weighted by Gasteiger charge is -2.19. The highest BCUT2D eigenvalue weighted by atomic mass is 16.5. The van der Waals surface area contributed by atoms with Gasteiger partial charge < -0.3 is 30.2 Å². The van der Waals surface area contributed by atoms with Crippen LogP contribution in [0.5, 0.6) is 5.75 Å². The number of ether oxygens (including phenoxy) is 1. The summed E-state index contributed by atoms with van der Waals surface area (Å²) >= 11 is 0. The van der Waals surface area contributed by atoms with Crippen molar-refractivity contribution in [3.8, 4) is 5.75 Å². The second-order valence-electron chi connectivity index (χ2n) is 9.41. The Morgan fingerprint density at radius 3 is 2.44 bits per heavy atom. The molecule has 0 saturated carbocycles. The molecule has 10 heteroatoms. The van der Waals surface area contributed by atoms with Crippen molar-refractivity contribution < 1.29 is 23.8 Å². The highest BCUT2D eigenvalue weighted by Gasteiger charge is 2.23. The molecular formula is C29H30N4O6. The zero-order valence-corrected chi connectivity index (χ0v) is 21.9. The van der Waals surface area contributed by atoms with E-state index < -0.39 is 23.7 Å². The molecule has 202 valence electrons. The van der Waals surface area contributed by atoms with Gasteiger partial charge >= 0.3 is 11.7 Å². The van der Waals surface area contributed by atoms with E-state index in [4.69, 9.17) is 9.15 Å². The first kappa shape index (κ1) is 27.2. The van der Waals surface area contributed by atoms with E-state index in [-0.39, 0.29) is 30.8 Å². The maximum absolute atomic E-state index is 13.4. The summed E-state index contributed by atoms with van der Waals surface area (Å²) in [4.78, 5) is 42.9. The van der Waals surface area contributed by atoms with Crippen LogP contribution in [0.25, 0.3) is 10.9 Å². The fourth-order valence-electron chi connectivity index (χ4n) is 3.99. The lowest BCUT2D eigenvalue weighted by molar-refractivity contribution is -0.118. The number of hydrogen-bond donors (Lipinski definition) is 4. The van der Waals surface area contributed by atoms with E-state index in [1.165, 1.54) is 12.1 Å². The van der Waals surface area contributed by atoms with Gasteiger partial charge in [-0.1, -0.05) is 42.5 Å². The molecule has 1 aromatic heterocycles. The Bertz CT molecular complexity index is 1520. The molecule has 3 aromatic carbocycles. The summed E-state index contributed by atoms with van der Waals surface area (Å²) in [6.45, 7) is 5.55. The smallest absolute Gasteiger partial charge is 0.408 e. The molecule has 0 spiro atoms. The first-order valence-electron chi connectivity index (χ1n) is 12.5. The molecule has 10 nitrogen and oxygen atoms in total. The molecule has 4 rings (SSSR count). The first-order chi connectivity index (χ1) is 18.7. The van der Waals surface area contributed by atoms with Crippen molar-refractivity contribution >= 4 is 34.6 Å². The van der Waals surface area contributed by atoms with Crippen LogP contribution in [-0.2, 0) is 22.6 Å². The fourth-order valence-corrected chi connectivity index (χ4v) is 3.99. The standard InChI is InChI=1S/C29H30N4O6/c1-17(2)30-28-32-23-15-21(13-18(3)25(23)27(36)39-28)31-26(35)24(14-19-9-11-22(34)12-10-19)33-29(37)38-16-20-7-5-4-6-8-20/h4-13,15,17,24,34H,14,16H2,1-3H3,(H,30,32)(H,31,35)(H,33,37)/t24-/m0/s1. The molecule has 0 saturated heterocycles. The molecular weight excluding hydrogens is 500 g/mol. The number of nitrogens with one attached hydrogen (secondary N) is 3. The van der Waals surface area contributed by atoms with Gasteiger partial charge in [-0.25, -0.2) is 9.59 Å². The van der Waals surface area contributed by atoms with Gasteiger partial charge in [0, 0.05) is 18.2 Å². The third-order valence-corrected chi connectivity index (χ3v) is 5.81. The largest absolute Gasteiger partial charge is 0.508 e. The Morgan fingerprint density at radius 2 is 1.74 bits per heavy atom. The van der Waals surface area contributed by atoms with Crippen molar-refractivity contribution in [2.24, 2.45) is 0 Å². The quantitative estimate of drug-likeness (QED) is 0.248. The molecule has 0 aliphatic rings. The minimum absolute atomic E-state index is 0.00420. The Labute approximate surface area is 225 Å². The van der Waals surface area contributed by atoms with Crippen LogP contribution >= 0.6 is 0 Å². The van der Waals surface area contributed by atoms with Crippen molar-refractivity contribution in [2.75, 3.05) is 10.6 Å². The summed E-state index contributed by atoms with van der Waals surface area (Å²) in [5, 5.41) is 18.3. The summed E-state index contributed by atoms with van der Waals surface area (Å²) in [7, 11) is 0. The Balaban J connectivity index is 1.55. The minimum Gasteiger partial charge on any atom is -0.508 e. The molecule has 0 aliphatic heterocycles. The number of carbonyl (C=O) groups excluding carboxylic acids is 2. The molecule has 0 bridgehead atoms. The summed E-state index contributed by atoms with van der Waals surface area (Å²) in [5.74, 6) is -0.410. The fraction of sp³-hybridized carbons (Fsp3) is 0.241. The zero-order chi connectivity index (χ0) is 27.9. The summed E-state index contributed by atoms with van der Waals surface area (Å²) in [5.41, 5.74) is 2.32. The number of hydrogen-bond acceptors (Lipinski definition) is 8. The molecule has 0 aliphatic carbocycles. The second-order valence-corrected chi connectivity index (χ2v) is 9.41. The van der Waals surface area contributed by atoms with Crippen LogP contribution in [0.15, 0.2) is 75.9 Å². The topological polar surface area (TPSA) is 143 Å². The number of benzene rings is 3. The molecule has 1 atom stereocenters. The third kappa shape index (κ3) is 7.35. The number of phenols is 1. The van der Waals surface area contributed by atoms with Gasteiger partial charge in [-0.15, -0.1) is 0 Å². The van der Waals surface area contributed by atoms with Crippen LogP contribution in [0, 0.1) is 6.92 Å². The van der Waals surface area contributed by atoms with Gasteiger partial charge in [-0.05, 0) is 61.7 Å². The Hall–Kier alpha value is -4.86. The molecule has 2 amide bonds. The van der Waals surface area contributed by atoms with Gasteiger partial charge in [0.15, 0.2) is 0 Å². The summed E-state index contributed by atoms with van der Waals surface area (Å²) in [6.07, 6.45) is -0.611. The maximum Gasteiger partial charge on any atom is 0.408 e. The SMILES string of the molecule is Cc1cc(NC(=O)[C@H](Cc2ccc(O)cc2)NC(=O)OCc2ccccc2)cc2nc(NC(C)C)oc(=O)c12. The van der Waals surface area contributed by atoms with E-state index in [1.807, 2.05) is 44.2 Å². The van der Waals surface area contributed by atoms with E-state index in [2.05, 4.69) is 20.9 Å². The van der Waals surface area contributed by atoms with Crippen molar-refractivity contribution in [3.63, 3.8) is 0 Å². The molecule has 0 radical (unpaired) electrons. The van der Waals surface area contributed by atoms with Crippen LogP contribution in [0.3, 0.4) is 0 Å². The Kier molecular flexibility index (Phi) is 8.45. The van der Waals surface area contributed by atoms with Crippen LogP contribution in [0.4, 0.5) is 16.5 Å². The number of alkyl carbamates (subject to hydrolysis) is 1. The molecule has 4 aromatic rings. The van der Waals surface area contributed by atoms with Crippen LogP contribution < -0.4 is 21.6 Å². The number of rotatable bonds is 9. The van der Waals surface area contributed by atoms with Crippen molar-refractivity contribution in [3.05, 3.63) is 93.8 Å². The predicted octanol–water partition coefficient (Wildman–Crippen LogP) is 4.50. The minimum atomic E-state index is -0.999. The van der Waals surface area contributed by atoms with Crippen molar-refractivity contribution in [1.29, 1.82) is 0 Å². The van der Waals surface area contributed by atoms with Crippen LogP contribution in [0.1, 0.15) is 30.5 Å². The number of amides is 2. The molecule has 0 fully saturated rings. The monoisotopic (exact) mass is 530 g/mol. The average Bonchev–Trinajstić information content (AvgIpc) is 2.88. The number of fused-ring (bicyclic) bond motifs is 1. The molecule has 39 heavy (non-hydrogen) atoms. The number of anilines is 2. The second kappa shape index (κ2) is 12.1. The number of phenolic OH excluding ortho intramolecular Hbond substituents is 1. The van der Waals surface area contributed by atoms with E-state index in [0.717, 1.165) is 11.1 Å². The van der Waals surface area contributed by atoms with Crippen LogP contribution in [0.2, 0.25) is 0 Å². The zero-order valence-electron chi connectivity index (χ0n) is 21.9. The first-order valence-corrected chi connectivity index (χ1v) is 12.5. The summed E-state index contributed by atoms with van der Waals surface area (Å²) in [6, 6.07) is 17.8. The molecule has 1 heterocycles. The van der Waals surface area contributed by atoms with Gasteiger partial charge in [-0.3, -0.25) is 4.79 Å². The van der Waals surface area contributed by atoms with Gasteiger partial charge in [0.25, 0.3) is 6.01 Å². The number of nitrogens with zero attached hydrogens (tertiary/aromatic N) is 1. The van der Waals surface area contributed by atoms with Gasteiger partial charge in [-0.2, -0.15) is 4.98 Å². The number of carbonyl (C=O) groups is 2. The molecule has 4 N–H and O–H groups in total. The van der Waals surface area contributed by atoms with E-state index in [9.17, 15) is 19.5 Å². The van der Waals surface area contributed by atoms with Gasteiger partial charge in [0.2, 0.25) is 5.91 Å². The lowest BCUT2D eigenvalue weighted by Crippen LogP contribution is -2.45. The van der Waals surface area contributed by atoms with Gasteiger partial charge in [0.05, 0.1) is 10.9 Å². The lowest BCUT2D eigenvalue weighted by atomic mass is 10.0. The number of aromatic hydroxyl groups is 1. The summed E-state index contributed by atoms with van der Waals surface area (Å²) < 4.78 is 10.6. The van der Waals surface area contributed by atoms with Gasteiger partial charge in [0.1, 0.15) is 18.4 Å². The average molecular weight is 531 g/mol. The normalized spacial score (nSPS) is 11.7. The number of aryl methyl sites for hydroxylation is 1. The third-order valence-electron chi connectivity index (χ3n) is 5.81. The van der Waals surface area contributed by atoms with E-state index in [1.54, 1.807) is 31.2 Å². The highest BCUT2D eigenvalue weighted by molar-refractivity contribution is 5.98. The van der Waals surface area contributed by atoms with Crippen LogP contribution in [-0.4, -0.2) is 34.2 Å². The van der Waals surface area contributed by atoms with E-state index in [0.29, 0.717) is 22.2 Å². The number of aromatic nitrogens is 1. The van der Waals surface area contributed by atoms with Crippen molar-refractivity contribution in [1.82, 2.24) is 10.3 Å². The maximum atomic E-state index is 13.4. The Morgan fingerprint density at radius 1 is 1.03 bits per heavy atom.